The smallest absolute Gasteiger partial charge is 0.222 e. The van der Waals surface area contributed by atoms with Gasteiger partial charge in [-0.2, -0.15) is 0 Å². The van der Waals surface area contributed by atoms with Crippen LogP contribution in [0.15, 0.2) is 54.7 Å². The van der Waals surface area contributed by atoms with Gasteiger partial charge in [0.1, 0.15) is 0 Å². The molecule has 5 heteroatoms. The van der Waals surface area contributed by atoms with Gasteiger partial charge in [-0.05, 0) is 49.4 Å². The van der Waals surface area contributed by atoms with E-state index in [4.69, 9.17) is 15.1 Å². The lowest BCUT2D eigenvalue weighted by atomic mass is 9.98. The van der Waals surface area contributed by atoms with Crippen LogP contribution < -0.4 is 10.1 Å². The first-order chi connectivity index (χ1) is 15.1. The molecule has 0 amide bonds. The summed E-state index contributed by atoms with van der Waals surface area (Å²) in [5, 5.41) is 11.6. The fraction of sp³-hybridized carbons (Fsp3) is 0.346. The summed E-state index contributed by atoms with van der Waals surface area (Å²) in [7, 11) is 0. The van der Waals surface area contributed by atoms with Crippen LogP contribution in [0.4, 0.5) is 5.69 Å². The Labute approximate surface area is 185 Å². The molecule has 162 valence electrons. The molecular weight excluding hydrogens is 384 g/mol. The zero-order valence-electron chi connectivity index (χ0n) is 18.7. The van der Waals surface area contributed by atoms with E-state index < -0.39 is 0 Å². The molecule has 31 heavy (non-hydrogen) atoms. The number of nitrogens with zero attached hydrogens (tertiary/aromatic N) is 2. The second kappa shape index (κ2) is 11.3. The lowest BCUT2D eigenvalue weighted by Crippen LogP contribution is -2.09. The Bertz CT molecular complexity index is 986. The summed E-state index contributed by atoms with van der Waals surface area (Å²) in [6.07, 6.45) is 6.18. The van der Waals surface area contributed by atoms with Gasteiger partial charge in [0.2, 0.25) is 5.88 Å². The number of benzene rings is 1. The second-order valence-corrected chi connectivity index (χ2v) is 7.98. The maximum Gasteiger partial charge on any atom is 0.222 e. The van der Waals surface area contributed by atoms with Crippen LogP contribution in [0.5, 0.6) is 5.88 Å². The molecular formula is C26H32N4O. The Balaban J connectivity index is 2.00. The molecule has 0 aliphatic heterocycles. The molecule has 3 rings (SSSR count). The molecule has 1 aromatic carbocycles. The lowest BCUT2D eigenvalue weighted by molar-refractivity contribution is 0.328. The first-order valence-electron chi connectivity index (χ1n) is 11.0. The highest BCUT2D eigenvalue weighted by Crippen LogP contribution is 2.32. The molecule has 0 spiro atoms. The minimum absolute atomic E-state index is 0.536. The molecule has 0 saturated carbocycles. The lowest BCUT2D eigenvalue weighted by Gasteiger charge is -2.17. The quantitative estimate of drug-likeness (QED) is 0.369. The highest BCUT2D eigenvalue weighted by atomic mass is 16.5. The number of rotatable bonds is 11. The first-order valence-corrected chi connectivity index (χ1v) is 11.0. The van der Waals surface area contributed by atoms with Crippen LogP contribution >= 0.6 is 0 Å². The summed E-state index contributed by atoms with van der Waals surface area (Å²) in [6, 6.07) is 16.3. The molecule has 2 N–H and O–H groups in total. The van der Waals surface area contributed by atoms with Crippen molar-refractivity contribution in [3.05, 3.63) is 71.5 Å². The monoisotopic (exact) mass is 416 g/mol. The highest BCUT2D eigenvalue weighted by molar-refractivity contribution is 5.83. The largest absolute Gasteiger partial charge is 0.477 e. The summed E-state index contributed by atoms with van der Waals surface area (Å²) in [4.78, 5) is 9.19. The second-order valence-electron chi connectivity index (χ2n) is 7.98. The molecule has 0 fully saturated rings. The van der Waals surface area contributed by atoms with Crippen molar-refractivity contribution in [3.63, 3.8) is 0 Å². The van der Waals surface area contributed by atoms with E-state index in [1.807, 2.05) is 37.3 Å². The van der Waals surface area contributed by atoms with Crippen LogP contribution in [0.25, 0.3) is 11.3 Å². The normalized spacial score (nSPS) is 10.8. The first kappa shape index (κ1) is 22.5. The number of aromatic nitrogens is 2. The van der Waals surface area contributed by atoms with E-state index in [1.54, 1.807) is 6.20 Å². The summed E-state index contributed by atoms with van der Waals surface area (Å²) >= 11 is 0. The van der Waals surface area contributed by atoms with Crippen LogP contribution in [0, 0.1) is 11.3 Å². The van der Waals surface area contributed by atoms with Crippen LogP contribution in [-0.4, -0.2) is 22.8 Å². The number of anilines is 1. The van der Waals surface area contributed by atoms with Crippen molar-refractivity contribution in [1.82, 2.24) is 9.97 Å². The van der Waals surface area contributed by atoms with Gasteiger partial charge in [0, 0.05) is 30.2 Å². The van der Waals surface area contributed by atoms with Gasteiger partial charge in [-0.1, -0.05) is 50.6 Å². The Morgan fingerprint density at radius 1 is 1.13 bits per heavy atom. The van der Waals surface area contributed by atoms with Crippen molar-refractivity contribution in [2.75, 3.05) is 11.9 Å². The van der Waals surface area contributed by atoms with Gasteiger partial charge in [0.05, 0.1) is 23.6 Å². The van der Waals surface area contributed by atoms with Crippen molar-refractivity contribution >= 4 is 11.9 Å². The Morgan fingerprint density at radius 2 is 1.94 bits per heavy atom. The summed E-state index contributed by atoms with van der Waals surface area (Å²) in [6.45, 7) is 7.67. The molecule has 0 radical (unpaired) electrons. The van der Waals surface area contributed by atoms with E-state index in [9.17, 15) is 0 Å². The molecule has 0 saturated heterocycles. The molecule has 2 heterocycles. The van der Waals surface area contributed by atoms with Gasteiger partial charge in [-0.25, -0.2) is 9.97 Å². The van der Waals surface area contributed by atoms with E-state index >= 15 is 0 Å². The summed E-state index contributed by atoms with van der Waals surface area (Å²) < 4.78 is 5.73. The van der Waals surface area contributed by atoms with Gasteiger partial charge in [0.15, 0.2) is 0 Å². The third-order valence-electron chi connectivity index (χ3n) is 5.16. The van der Waals surface area contributed by atoms with E-state index in [-0.39, 0.29) is 0 Å². The average Bonchev–Trinajstić information content (AvgIpc) is 2.79. The molecule has 0 aliphatic carbocycles. The topological polar surface area (TPSA) is 70.9 Å². The Hall–Kier alpha value is -3.21. The van der Waals surface area contributed by atoms with Crippen LogP contribution in [0.2, 0.25) is 0 Å². The van der Waals surface area contributed by atoms with E-state index in [0.29, 0.717) is 30.6 Å². The molecule has 0 atom stereocenters. The van der Waals surface area contributed by atoms with Crippen LogP contribution in [-0.2, 0) is 13.0 Å². The van der Waals surface area contributed by atoms with Gasteiger partial charge >= 0.3 is 0 Å². The van der Waals surface area contributed by atoms with Crippen molar-refractivity contribution in [2.45, 2.75) is 46.6 Å². The molecule has 0 unspecified atom stereocenters. The SMILES string of the molecule is CCOc1ncccc1-c1cc(NCc2ccccc2)c(CCCC(C)C)c(C=N)n1. The molecule has 0 bridgehead atoms. The molecule has 5 nitrogen and oxygen atoms in total. The number of ether oxygens (including phenoxy) is 1. The average molecular weight is 417 g/mol. The molecule has 3 aromatic rings. The summed E-state index contributed by atoms with van der Waals surface area (Å²) in [5.74, 6) is 1.22. The van der Waals surface area contributed by atoms with Gasteiger partial charge in [0.25, 0.3) is 0 Å². The third kappa shape index (κ3) is 6.14. The molecule has 2 aromatic heterocycles. The fourth-order valence-electron chi connectivity index (χ4n) is 3.59. The Morgan fingerprint density at radius 3 is 2.65 bits per heavy atom. The number of hydrogen-bond donors (Lipinski definition) is 2. The Kier molecular flexibility index (Phi) is 8.16. The maximum atomic E-state index is 8.03. The minimum Gasteiger partial charge on any atom is -0.477 e. The zero-order valence-corrected chi connectivity index (χ0v) is 18.7. The number of nitrogens with one attached hydrogen (secondary N) is 2. The number of pyridine rings is 2. The summed E-state index contributed by atoms with van der Waals surface area (Å²) in [5.41, 5.74) is 5.62. The van der Waals surface area contributed by atoms with E-state index in [1.165, 1.54) is 11.8 Å². The molecule has 0 aliphatic rings. The van der Waals surface area contributed by atoms with Crippen LogP contribution in [0.3, 0.4) is 0 Å². The standard InChI is InChI=1S/C26H32N4O/c1-4-31-26-22(14-9-15-28-26)24-16-23(29-18-20-11-6-5-7-12-20)21(25(17-27)30-24)13-8-10-19(2)3/h5-7,9,11-12,14-17,19,27H,4,8,10,13,18H2,1-3H3,(H,29,30). The van der Waals surface area contributed by atoms with E-state index in [2.05, 4.69) is 42.3 Å². The van der Waals surface area contributed by atoms with Crippen molar-refractivity contribution in [3.8, 4) is 17.1 Å². The van der Waals surface area contributed by atoms with Gasteiger partial charge in [-0.3, -0.25) is 0 Å². The predicted molar refractivity (Wildman–Crippen MR) is 128 cm³/mol. The zero-order chi connectivity index (χ0) is 22.1. The maximum absolute atomic E-state index is 8.03. The van der Waals surface area contributed by atoms with Crippen LogP contribution in [0.1, 0.15) is 50.4 Å². The van der Waals surface area contributed by atoms with Gasteiger partial charge < -0.3 is 15.5 Å². The third-order valence-corrected chi connectivity index (χ3v) is 5.16. The minimum atomic E-state index is 0.536. The van der Waals surface area contributed by atoms with Crippen molar-refractivity contribution < 1.29 is 4.74 Å². The predicted octanol–water partition coefficient (Wildman–Crippen LogP) is 6.13. The van der Waals surface area contributed by atoms with E-state index in [0.717, 1.165) is 41.8 Å². The van der Waals surface area contributed by atoms with Gasteiger partial charge in [-0.15, -0.1) is 0 Å². The highest BCUT2D eigenvalue weighted by Gasteiger charge is 2.16. The van der Waals surface area contributed by atoms with Crippen molar-refractivity contribution in [1.29, 1.82) is 5.41 Å². The fourth-order valence-corrected chi connectivity index (χ4v) is 3.59. The number of hydrogen-bond acceptors (Lipinski definition) is 5. The van der Waals surface area contributed by atoms with Crippen molar-refractivity contribution in [2.24, 2.45) is 5.92 Å².